The molecule has 0 saturated heterocycles. The Labute approximate surface area is 126 Å². The van der Waals surface area contributed by atoms with E-state index in [1.165, 1.54) is 17.5 Å². The molecule has 0 fully saturated rings. The Bertz CT molecular complexity index is 603. The summed E-state index contributed by atoms with van der Waals surface area (Å²) in [5, 5.41) is 0. The number of carbonyl (C=O) groups is 1. The number of benzene rings is 1. The summed E-state index contributed by atoms with van der Waals surface area (Å²) in [6, 6.07) is 0. The first-order valence-corrected chi connectivity index (χ1v) is 7.82. The van der Waals surface area contributed by atoms with Crippen LogP contribution in [0, 0.1) is 12.8 Å². The van der Waals surface area contributed by atoms with Crippen LogP contribution < -0.4 is 9.47 Å². The van der Waals surface area contributed by atoms with Crippen LogP contribution in [0.15, 0.2) is 0 Å². The lowest BCUT2D eigenvalue weighted by atomic mass is 9.64. The Morgan fingerprint density at radius 3 is 2.29 bits per heavy atom. The SMILES string of the molecule is COc1c(C)c2c3c(c1OC)[C@@H](C)CC[C@H]3[C@@H](C)CC2=O. The second-order valence-electron chi connectivity index (χ2n) is 6.58. The number of ether oxygens (including phenoxy) is 2. The fraction of sp³-hybridized carbons (Fsp3) is 0.611. The summed E-state index contributed by atoms with van der Waals surface area (Å²) in [7, 11) is 3.36. The highest BCUT2D eigenvalue weighted by Gasteiger charge is 2.41. The molecule has 2 aliphatic rings. The molecule has 0 radical (unpaired) electrons. The van der Waals surface area contributed by atoms with E-state index in [1.54, 1.807) is 14.2 Å². The highest BCUT2D eigenvalue weighted by Crippen LogP contribution is 2.55. The molecular formula is C18H24O3. The minimum absolute atomic E-state index is 0.266. The number of Topliss-reactive ketones (excluding diaryl/α,β-unsaturated/α-hetero) is 1. The zero-order valence-corrected chi connectivity index (χ0v) is 13.6. The van der Waals surface area contributed by atoms with Crippen molar-refractivity contribution >= 4 is 5.78 Å². The monoisotopic (exact) mass is 288 g/mol. The molecule has 0 aromatic heterocycles. The number of ketones is 1. The lowest BCUT2D eigenvalue weighted by Crippen LogP contribution is -2.30. The predicted octanol–water partition coefficient (Wildman–Crippen LogP) is 4.22. The van der Waals surface area contributed by atoms with Crippen LogP contribution in [0.3, 0.4) is 0 Å². The van der Waals surface area contributed by atoms with E-state index in [0.717, 1.165) is 29.0 Å². The lowest BCUT2D eigenvalue weighted by Gasteiger charge is -2.40. The van der Waals surface area contributed by atoms with Crippen LogP contribution in [0.4, 0.5) is 0 Å². The van der Waals surface area contributed by atoms with Gasteiger partial charge in [0.05, 0.1) is 14.2 Å². The van der Waals surface area contributed by atoms with Crippen molar-refractivity contribution in [3.05, 3.63) is 22.3 Å². The molecular weight excluding hydrogens is 264 g/mol. The van der Waals surface area contributed by atoms with Crippen LogP contribution in [0.1, 0.15) is 72.0 Å². The predicted molar refractivity (Wildman–Crippen MR) is 82.8 cm³/mol. The average molecular weight is 288 g/mol. The van der Waals surface area contributed by atoms with Crippen molar-refractivity contribution in [3.8, 4) is 11.5 Å². The molecule has 3 atom stereocenters. The van der Waals surface area contributed by atoms with Crippen molar-refractivity contribution in [2.24, 2.45) is 5.92 Å². The third-order valence-electron chi connectivity index (χ3n) is 5.38. The zero-order chi connectivity index (χ0) is 15.3. The van der Waals surface area contributed by atoms with Gasteiger partial charge in [0.15, 0.2) is 17.3 Å². The van der Waals surface area contributed by atoms with Gasteiger partial charge in [-0.05, 0) is 43.1 Å². The average Bonchev–Trinajstić information content (AvgIpc) is 2.45. The number of carbonyl (C=O) groups excluding carboxylic acids is 1. The first-order valence-electron chi connectivity index (χ1n) is 7.82. The van der Waals surface area contributed by atoms with E-state index in [2.05, 4.69) is 13.8 Å². The van der Waals surface area contributed by atoms with Crippen molar-refractivity contribution in [3.63, 3.8) is 0 Å². The molecule has 3 heteroatoms. The maximum Gasteiger partial charge on any atom is 0.164 e. The normalized spacial score (nSPS) is 27.3. The molecule has 0 heterocycles. The van der Waals surface area contributed by atoms with E-state index >= 15 is 0 Å². The second kappa shape index (κ2) is 5.04. The summed E-state index contributed by atoms with van der Waals surface area (Å²) in [6.45, 7) is 6.42. The van der Waals surface area contributed by atoms with Gasteiger partial charge >= 0.3 is 0 Å². The van der Waals surface area contributed by atoms with Gasteiger partial charge in [-0.1, -0.05) is 13.8 Å². The quantitative estimate of drug-likeness (QED) is 0.817. The Hall–Kier alpha value is -1.51. The molecule has 0 spiro atoms. The molecule has 0 amide bonds. The first-order chi connectivity index (χ1) is 10.0. The molecule has 0 N–H and O–H groups in total. The molecule has 1 aromatic carbocycles. The van der Waals surface area contributed by atoms with Crippen LogP contribution in [-0.4, -0.2) is 20.0 Å². The second-order valence-corrected chi connectivity index (χ2v) is 6.58. The van der Waals surface area contributed by atoms with E-state index in [4.69, 9.17) is 9.47 Å². The molecule has 0 unspecified atom stereocenters. The van der Waals surface area contributed by atoms with E-state index in [-0.39, 0.29) is 5.78 Å². The van der Waals surface area contributed by atoms with Crippen molar-refractivity contribution in [2.45, 2.75) is 51.9 Å². The van der Waals surface area contributed by atoms with Gasteiger partial charge in [-0.2, -0.15) is 0 Å². The third-order valence-corrected chi connectivity index (χ3v) is 5.38. The Morgan fingerprint density at radius 2 is 1.67 bits per heavy atom. The van der Waals surface area contributed by atoms with Gasteiger partial charge in [0, 0.05) is 23.1 Å². The van der Waals surface area contributed by atoms with Gasteiger partial charge in [0.25, 0.3) is 0 Å². The smallest absolute Gasteiger partial charge is 0.164 e. The van der Waals surface area contributed by atoms with Gasteiger partial charge < -0.3 is 9.47 Å². The largest absolute Gasteiger partial charge is 0.493 e. The van der Waals surface area contributed by atoms with Gasteiger partial charge in [-0.15, -0.1) is 0 Å². The van der Waals surface area contributed by atoms with Crippen LogP contribution in [0.5, 0.6) is 11.5 Å². The fourth-order valence-electron chi connectivity index (χ4n) is 4.37. The molecule has 3 rings (SSSR count). The minimum Gasteiger partial charge on any atom is -0.493 e. The molecule has 114 valence electrons. The van der Waals surface area contributed by atoms with Crippen LogP contribution in [0.2, 0.25) is 0 Å². The number of hydrogen-bond acceptors (Lipinski definition) is 3. The molecule has 1 aromatic rings. The molecule has 0 aliphatic heterocycles. The summed E-state index contributed by atoms with van der Waals surface area (Å²) in [5.41, 5.74) is 4.33. The summed E-state index contributed by atoms with van der Waals surface area (Å²) >= 11 is 0. The van der Waals surface area contributed by atoms with Crippen molar-refractivity contribution in [1.82, 2.24) is 0 Å². The van der Waals surface area contributed by atoms with E-state index in [0.29, 0.717) is 24.2 Å². The third kappa shape index (κ3) is 1.90. The summed E-state index contributed by atoms with van der Waals surface area (Å²) in [5.74, 6) is 3.17. The number of methoxy groups -OCH3 is 2. The summed E-state index contributed by atoms with van der Waals surface area (Å²) in [6.07, 6.45) is 2.98. The maximum absolute atomic E-state index is 12.6. The maximum atomic E-state index is 12.6. The highest BCUT2D eigenvalue weighted by atomic mass is 16.5. The topological polar surface area (TPSA) is 35.5 Å². The summed E-state index contributed by atoms with van der Waals surface area (Å²) < 4.78 is 11.3. The summed E-state index contributed by atoms with van der Waals surface area (Å²) in [4.78, 5) is 12.6. The molecule has 2 aliphatic carbocycles. The molecule has 0 saturated carbocycles. The van der Waals surface area contributed by atoms with Gasteiger partial charge in [0.2, 0.25) is 0 Å². The van der Waals surface area contributed by atoms with E-state index in [9.17, 15) is 4.79 Å². The first kappa shape index (κ1) is 14.4. The lowest BCUT2D eigenvalue weighted by molar-refractivity contribution is 0.0935. The van der Waals surface area contributed by atoms with Crippen LogP contribution in [0.25, 0.3) is 0 Å². The Kier molecular flexibility index (Phi) is 3.46. The van der Waals surface area contributed by atoms with Crippen LogP contribution >= 0.6 is 0 Å². The van der Waals surface area contributed by atoms with Gasteiger partial charge in [0.1, 0.15) is 0 Å². The van der Waals surface area contributed by atoms with Crippen molar-refractivity contribution < 1.29 is 14.3 Å². The minimum atomic E-state index is 0.266. The van der Waals surface area contributed by atoms with Crippen molar-refractivity contribution in [1.29, 1.82) is 0 Å². The Balaban J connectivity index is 2.40. The van der Waals surface area contributed by atoms with E-state index < -0.39 is 0 Å². The standard InChI is InChI=1S/C18H24O3/c1-9-6-7-12-10(2)8-13(19)15-11(3)17(20-4)18(21-5)14(9)16(12)15/h9-10,12H,6-8H2,1-5H3/t9-,10-,12-/m0/s1. The molecule has 21 heavy (non-hydrogen) atoms. The zero-order valence-electron chi connectivity index (χ0n) is 13.6. The van der Waals surface area contributed by atoms with Crippen molar-refractivity contribution in [2.75, 3.05) is 14.2 Å². The highest BCUT2D eigenvalue weighted by molar-refractivity contribution is 6.02. The van der Waals surface area contributed by atoms with Gasteiger partial charge in [-0.25, -0.2) is 0 Å². The van der Waals surface area contributed by atoms with Crippen LogP contribution in [-0.2, 0) is 0 Å². The Morgan fingerprint density at radius 1 is 1.00 bits per heavy atom. The van der Waals surface area contributed by atoms with Gasteiger partial charge in [-0.3, -0.25) is 4.79 Å². The molecule has 3 nitrogen and oxygen atoms in total. The molecule has 0 bridgehead atoms. The fourth-order valence-corrected chi connectivity index (χ4v) is 4.37. The number of hydrogen-bond donors (Lipinski definition) is 0. The van der Waals surface area contributed by atoms with E-state index in [1.807, 2.05) is 6.92 Å². The number of rotatable bonds is 2.